The second kappa shape index (κ2) is 3.43. The van der Waals surface area contributed by atoms with Crippen LogP contribution >= 0.6 is 43.2 Å². The predicted octanol–water partition coefficient (Wildman–Crippen LogP) is 3.51. The van der Waals surface area contributed by atoms with Crippen molar-refractivity contribution < 1.29 is 4.52 Å². The summed E-state index contributed by atoms with van der Waals surface area (Å²) < 4.78 is 7.04. The molecule has 0 saturated heterocycles. The number of nitrogen functional groups attached to an aromatic ring is 1. The first-order valence-corrected chi connectivity index (χ1v) is 5.74. The van der Waals surface area contributed by atoms with Crippen molar-refractivity contribution in [1.29, 1.82) is 0 Å². The maximum Gasteiger partial charge on any atom is 0.179 e. The first-order valence-electron chi connectivity index (χ1n) is 3.34. The number of halogens is 2. The van der Waals surface area contributed by atoms with Crippen LogP contribution in [-0.2, 0) is 0 Å². The lowest BCUT2D eigenvalue weighted by Crippen LogP contribution is -1.79. The number of aromatic nitrogens is 1. The van der Waals surface area contributed by atoms with Crippen molar-refractivity contribution in [1.82, 2.24) is 5.16 Å². The number of nitrogens with two attached hydrogens (primary N) is 1. The van der Waals surface area contributed by atoms with Gasteiger partial charge in [0.05, 0.1) is 8.66 Å². The van der Waals surface area contributed by atoms with Crippen LogP contribution in [0.2, 0.25) is 0 Å². The quantitative estimate of drug-likeness (QED) is 0.873. The van der Waals surface area contributed by atoms with E-state index in [2.05, 4.69) is 37.0 Å². The third kappa shape index (κ3) is 1.79. The largest absolute Gasteiger partial charge is 0.381 e. The maximum absolute atomic E-state index is 5.44. The summed E-state index contributed by atoms with van der Waals surface area (Å²) in [5.41, 5.74) is 5.44. The van der Waals surface area contributed by atoms with Crippen LogP contribution in [0.4, 0.5) is 5.82 Å². The molecule has 2 heterocycles. The van der Waals surface area contributed by atoms with E-state index in [1.807, 2.05) is 6.07 Å². The standard InChI is InChI=1S/C7H4Br2N2OS/c8-3-1-5(13-7(3)9)4-2-6(10)11-12-4/h1-2H,(H2,10,11). The summed E-state index contributed by atoms with van der Waals surface area (Å²) in [7, 11) is 0. The van der Waals surface area contributed by atoms with Crippen LogP contribution in [0.1, 0.15) is 0 Å². The minimum absolute atomic E-state index is 0.399. The topological polar surface area (TPSA) is 52.0 Å². The lowest BCUT2D eigenvalue weighted by atomic mass is 10.4. The van der Waals surface area contributed by atoms with E-state index >= 15 is 0 Å². The minimum atomic E-state index is 0.399. The number of rotatable bonds is 1. The highest BCUT2D eigenvalue weighted by Crippen LogP contribution is 2.38. The summed E-state index contributed by atoms with van der Waals surface area (Å²) in [4.78, 5) is 0.989. The number of hydrogen-bond donors (Lipinski definition) is 1. The molecule has 6 heteroatoms. The zero-order chi connectivity index (χ0) is 9.42. The third-order valence-corrected chi connectivity index (χ3v) is 4.69. The van der Waals surface area contributed by atoms with Crippen molar-refractivity contribution in [3.63, 3.8) is 0 Å². The van der Waals surface area contributed by atoms with Crippen molar-refractivity contribution in [2.45, 2.75) is 0 Å². The van der Waals surface area contributed by atoms with Gasteiger partial charge in [-0.1, -0.05) is 5.16 Å². The Bertz CT molecular complexity index is 418. The Kier molecular flexibility index (Phi) is 2.44. The molecule has 0 aliphatic rings. The SMILES string of the molecule is Nc1cc(-c2cc(Br)c(Br)s2)on1. The molecular formula is C7H4Br2N2OS. The van der Waals surface area contributed by atoms with Gasteiger partial charge >= 0.3 is 0 Å². The first kappa shape index (κ1) is 9.23. The average molecular weight is 324 g/mol. The molecule has 68 valence electrons. The molecular weight excluding hydrogens is 320 g/mol. The first-order chi connectivity index (χ1) is 6.16. The van der Waals surface area contributed by atoms with E-state index in [1.165, 1.54) is 0 Å². The Balaban J connectivity index is 2.46. The van der Waals surface area contributed by atoms with Gasteiger partial charge in [-0.05, 0) is 37.9 Å². The van der Waals surface area contributed by atoms with Gasteiger partial charge in [0.1, 0.15) is 0 Å². The van der Waals surface area contributed by atoms with Gasteiger partial charge in [0, 0.05) is 10.5 Å². The molecule has 2 N–H and O–H groups in total. The molecule has 0 atom stereocenters. The van der Waals surface area contributed by atoms with Gasteiger partial charge in [0.15, 0.2) is 11.6 Å². The predicted molar refractivity (Wildman–Crippen MR) is 59.6 cm³/mol. The summed E-state index contributed by atoms with van der Waals surface area (Å²) in [5.74, 6) is 1.09. The fraction of sp³-hybridized carbons (Fsp3) is 0. The number of anilines is 1. The molecule has 0 aliphatic heterocycles. The summed E-state index contributed by atoms with van der Waals surface area (Å²) in [6, 6.07) is 3.65. The number of nitrogens with zero attached hydrogens (tertiary/aromatic N) is 1. The van der Waals surface area contributed by atoms with Crippen molar-refractivity contribution >= 4 is 49.0 Å². The van der Waals surface area contributed by atoms with Gasteiger partial charge < -0.3 is 10.3 Å². The molecule has 0 aromatic carbocycles. The molecule has 0 unspecified atom stereocenters. The van der Waals surface area contributed by atoms with Crippen LogP contribution in [-0.4, -0.2) is 5.16 Å². The lowest BCUT2D eigenvalue weighted by molar-refractivity contribution is 0.436. The molecule has 0 fully saturated rings. The van der Waals surface area contributed by atoms with Crippen LogP contribution in [0.3, 0.4) is 0 Å². The highest BCUT2D eigenvalue weighted by atomic mass is 79.9. The Labute approximate surface area is 95.2 Å². The van der Waals surface area contributed by atoms with E-state index in [1.54, 1.807) is 17.4 Å². The van der Waals surface area contributed by atoms with Crippen LogP contribution in [0.25, 0.3) is 10.6 Å². The molecule has 0 spiro atoms. The third-order valence-electron chi connectivity index (χ3n) is 1.42. The molecule has 2 aromatic rings. The average Bonchev–Trinajstić information content (AvgIpc) is 2.61. The normalized spacial score (nSPS) is 10.6. The van der Waals surface area contributed by atoms with Gasteiger partial charge in [0.2, 0.25) is 0 Å². The molecule has 3 nitrogen and oxygen atoms in total. The Morgan fingerprint density at radius 3 is 2.62 bits per heavy atom. The summed E-state index contributed by atoms with van der Waals surface area (Å²) in [6.07, 6.45) is 0. The second-order valence-electron chi connectivity index (χ2n) is 2.35. The highest BCUT2D eigenvalue weighted by Gasteiger charge is 2.10. The zero-order valence-corrected chi connectivity index (χ0v) is 10.2. The Morgan fingerprint density at radius 2 is 2.15 bits per heavy atom. The van der Waals surface area contributed by atoms with E-state index < -0.39 is 0 Å². The van der Waals surface area contributed by atoms with Crippen molar-refractivity contribution in [3.05, 3.63) is 20.4 Å². The Hall–Kier alpha value is -0.330. The van der Waals surface area contributed by atoms with Crippen molar-refractivity contribution in [2.75, 3.05) is 5.73 Å². The van der Waals surface area contributed by atoms with Crippen LogP contribution in [0, 0.1) is 0 Å². The van der Waals surface area contributed by atoms with E-state index in [0.717, 1.165) is 13.1 Å². The molecule has 0 amide bonds. The fourth-order valence-corrected chi connectivity index (χ4v) is 2.86. The van der Waals surface area contributed by atoms with Crippen molar-refractivity contribution in [3.8, 4) is 10.6 Å². The highest BCUT2D eigenvalue weighted by molar-refractivity contribution is 9.13. The lowest BCUT2D eigenvalue weighted by Gasteiger charge is -1.83. The minimum Gasteiger partial charge on any atom is -0.381 e. The Morgan fingerprint density at radius 1 is 1.38 bits per heavy atom. The summed E-state index contributed by atoms with van der Waals surface area (Å²) >= 11 is 8.35. The monoisotopic (exact) mass is 322 g/mol. The van der Waals surface area contributed by atoms with E-state index in [4.69, 9.17) is 10.3 Å². The fourth-order valence-electron chi connectivity index (χ4n) is 0.873. The number of hydrogen-bond acceptors (Lipinski definition) is 4. The van der Waals surface area contributed by atoms with Crippen molar-refractivity contribution in [2.24, 2.45) is 0 Å². The summed E-state index contributed by atoms with van der Waals surface area (Å²) in [6.45, 7) is 0. The van der Waals surface area contributed by atoms with Gasteiger partial charge in [-0.3, -0.25) is 0 Å². The van der Waals surface area contributed by atoms with Crippen LogP contribution in [0.5, 0.6) is 0 Å². The molecule has 0 saturated carbocycles. The maximum atomic E-state index is 5.44. The van der Waals surface area contributed by atoms with Gasteiger partial charge in [-0.15, -0.1) is 11.3 Å². The molecule has 13 heavy (non-hydrogen) atoms. The van der Waals surface area contributed by atoms with E-state index in [9.17, 15) is 0 Å². The van der Waals surface area contributed by atoms with Gasteiger partial charge in [-0.25, -0.2) is 0 Å². The molecule has 0 aliphatic carbocycles. The van der Waals surface area contributed by atoms with Gasteiger partial charge in [-0.2, -0.15) is 0 Å². The molecule has 2 rings (SSSR count). The molecule has 0 radical (unpaired) electrons. The summed E-state index contributed by atoms with van der Waals surface area (Å²) in [5, 5.41) is 3.61. The van der Waals surface area contributed by atoms with E-state index in [-0.39, 0.29) is 0 Å². The number of thiophene rings is 1. The molecule has 0 bridgehead atoms. The van der Waals surface area contributed by atoms with Crippen LogP contribution < -0.4 is 5.73 Å². The second-order valence-corrected chi connectivity index (χ2v) is 5.57. The van der Waals surface area contributed by atoms with E-state index in [0.29, 0.717) is 11.6 Å². The van der Waals surface area contributed by atoms with Crippen LogP contribution in [0.15, 0.2) is 24.9 Å². The van der Waals surface area contributed by atoms with Gasteiger partial charge in [0.25, 0.3) is 0 Å². The smallest absolute Gasteiger partial charge is 0.179 e. The zero-order valence-electron chi connectivity index (χ0n) is 6.25. The molecule has 2 aromatic heterocycles.